The first-order valence-electron chi connectivity index (χ1n) is 5.62. The SMILES string of the molecule is CC(=O)Nc1ccc(C(=O)NNC(=S)NC(C)C)s1. The third kappa shape index (κ3) is 5.66. The Balaban J connectivity index is 2.47. The van der Waals surface area contributed by atoms with E-state index >= 15 is 0 Å². The van der Waals surface area contributed by atoms with Gasteiger partial charge in [0.2, 0.25) is 5.91 Å². The summed E-state index contributed by atoms with van der Waals surface area (Å²) in [6.07, 6.45) is 0. The number of anilines is 1. The largest absolute Gasteiger partial charge is 0.359 e. The fourth-order valence-corrected chi connectivity index (χ4v) is 2.31. The zero-order chi connectivity index (χ0) is 14.4. The normalized spacial score (nSPS) is 9.89. The molecule has 0 radical (unpaired) electrons. The standard InChI is InChI=1S/C11H16N4O2S2/c1-6(2)12-11(18)15-14-10(17)8-4-5-9(19-8)13-7(3)16/h4-6H,1-3H3,(H,13,16)(H,14,17)(H2,12,15,18). The van der Waals surface area contributed by atoms with Crippen molar-refractivity contribution in [2.24, 2.45) is 0 Å². The molecule has 0 aromatic carbocycles. The number of thiophene rings is 1. The van der Waals surface area contributed by atoms with Gasteiger partial charge in [-0.05, 0) is 38.2 Å². The third-order valence-electron chi connectivity index (χ3n) is 1.84. The molecule has 1 aromatic heterocycles. The minimum atomic E-state index is -0.311. The lowest BCUT2D eigenvalue weighted by Gasteiger charge is -2.13. The Morgan fingerprint density at radius 3 is 2.53 bits per heavy atom. The van der Waals surface area contributed by atoms with Crippen LogP contribution in [0.25, 0.3) is 0 Å². The highest BCUT2D eigenvalue weighted by Gasteiger charge is 2.10. The molecule has 0 aliphatic rings. The predicted molar refractivity (Wildman–Crippen MR) is 80.1 cm³/mol. The molecular formula is C11H16N4O2S2. The zero-order valence-electron chi connectivity index (χ0n) is 10.9. The monoisotopic (exact) mass is 300 g/mol. The first-order chi connectivity index (χ1) is 8.88. The Hall–Kier alpha value is -1.67. The van der Waals surface area contributed by atoms with Gasteiger partial charge < -0.3 is 10.6 Å². The first kappa shape index (κ1) is 15.4. The molecule has 104 valence electrons. The van der Waals surface area contributed by atoms with Crippen molar-refractivity contribution in [1.29, 1.82) is 0 Å². The summed E-state index contributed by atoms with van der Waals surface area (Å²) in [5, 5.41) is 6.52. The highest BCUT2D eigenvalue weighted by molar-refractivity contribution is 7.80. The molecule has 0 bridgehead atoms. The average molecular weight is 300 g/mol. The molecule has 0 spiro atoms. The van der Waals surface area contributed by atoms with Gasteiger partial charge in [0.15, 0.2) is 5.11 Å². The van der Waals surface area contributed by atoms with Crippen molar-refractivity contribution in [3.05, 3.63) is 17.0 Å². The molecule has 1 rings (SSSR count). The fraction of sp³-hybridized carbons (Fsp3) is 0.364. The van der Waals surface area contributed by atoms with Crippen molar-refractivity contribution in [1.82, 2.24) is 16.2 Å². The van der Waals surface area contributed by atoms with E-state index in [9.17, 15) is 9.59 Å². The van der Waals surface area contributed by atoms with Crippen LogP contribution in [0, 0.1) is 0 Å². The Morgan fingerprint density at radius 2 is 1.95 bits per heavy atom. The number of rotatable bonds is 3. The smallest absolute Gasteiger partial charge is 0.279 e. The number of hydrogen-bond acceptors (Lipinski definition) is 4. The fourth-order valence-electron chi connectivity index (χ4n) is 1.17. The highest BCUT2D eigenvalue weighted by atomic mass is 32.1. The molecule has 19 heavy (non-hydrogen) atoms. The molecule has 0 unspecified atom stereocenters. The molecule has 6 nitrogen and oxygen atoms in total. The highest BCUT2D eigenvalue weighted by Crippen LogP contribution is 2.21. The second-order valence-electron chi connectivity index (χ2n) is 4.05. The second kappa shape index (κ2) is 7.05. The van der Waals surface area contributed by atoms with Crippen molar-refractivity contribution in [2.75, 3.05) is 5.32 Å². The summed E-state index contributed by atoms with van der Waals surface area (Å²) >= 11 is 6.16. The van der Waals surface area contributed by atoms with Crippen molar-refractivity contribution < 1.29 is 9.59 Å². The molecule has 0 saturated heterocycles. The maximum Gasteiger partial charge on any atom is 0.279 e. The molecule has 0 aliphatic carbocycles. The van der Waals surface area contributed by atoms with E-state index in [0.717, 1.165) is 0 Å². The number of amides is 2. The maximum absolute atomic E-state index is 11.8. The van der Waals surface area contributed by atoms with E-state index in [0.29, 0.717) is 15.0 Å². The number of hydrogen-bond donors (Lipinski definition) is 4. The van der Waals surface area contributed by atoms with Gasteiger partial charge >= 0.3 is 0 Å². The molecule has 8 heteroatoms. The third-order valence-corrected chi connectivity index (χ3v) is 3.06. The first-order valence-corrected chi connectivity index (χ1v) is 6.85. The van der Waals surface area contributed by atoms with E-state index in [-0.39, 0.29) is 17.9 Å². The second-order valence-corrected chi connectivity index (χ2v) is 5.54. The van der Waals surface area contributed by atoms with E-state index in [2.05, 4.69) is 21.5 Å². The van der Waals surface area contributed by atoms with Gasteiger partial charge in [-0.1, -0.05) is 0 Å². The van der Waals surface area contributed by atoms with E-state index in [1.54, 1.807) is 12.1 Å². The molecule has 0 saturated carbocycles. The minimum absolute atomic E-state index is 0.172. The molecular weight excluding hydrogens is 284 g/mol. The predicted octanol–water partition coefficient (Wildman–Crippen LogP) is 1.22. The summed E-state index contributed by atoms with van der Waals surface area (Å²) in [5.41, 5.74) is 5.08. The van der Waals surface area contributed by atoms with Crippen LogP contribution in [0.4, 0.5) is 5.00 Å². The number of nitrogens with one attached hydrogen (secondary N) is 4. The molecule has 1 heterocycles. The number of thiocarbonyl (C=S) groups is 1. The Bertz CT molecular complexity index is 485. The van der Waals surface area contributed by atoms with E-state index in [1.165, 1.54) is 18.3 Å². The van der Waals surface area contributed by atoms with Crippen molar-refractivity contribution in [2.45, 2.75) is 26.8 Å². The molecule has 2 amide bonds. The average Bonchev–Trinajstić information content (AvgIpc) is 2.72. The summed E-state index contributed by atoms with van der Waals surface area (Å²) in [4.78, 5) is 23.1. The molecule has 4 N–H and O–H groups in total. The Kier molecular flexibility index (Phi) is 5.71. The van der Waals surface area contributed by atoms with Crippen LogP contribution < -0.4 is 21.5 Å². The van der Waals surface area contributed by atoms with Gasteiger partial charge in [-0.3, -0.25) is 20.4 Å². The summed E-state index contributed by atoms with van der Waals surface area (Å²) < 4.78 is 0. The van der Waals surface area contributed by atoms with Gasteiger partial charge in [0, 0.05) is 13.0 Å². The lowest BCUT2D eigenvalue weighted by Crippen LogP contribution is -2.48. The van der Waals surface area contributed by atoms with Crippen molar-refractivity contribution >= 4 is 45.5 Å². The van der Waals surface area contributed by atoms with Gasteiger partial charge in [-0.15, -0.1) is 11.3 Å². The zero-order valence-corrected chi connectivity index (χ0v) is 12.5. The Labute approximate surface area is 120 Å². The van der Waals surface area contributed by atoms with Gasteiger partial charge in [-0.2, -0.15) is 0 Å². The summed E-state index contributed by atoms with van der Waals surface area (Å²) in [5.74, 6) is -0.483. The van der Waals surface area contributed by atoms with Crippen LogP contribution in [0.2, 0.25) is 0 Å². The quantitative estimate of drug-likeness (QED) is 0.498. The van der Waals surface area contributed by atoms with Crippen LogP contribution in [0.15, 0.2) is 12.1 Å². The van der Waals surface area contributed by atoms with Crippen molar-refractivity contribution in [3.8, 4) is 0 Å². The van der Waals surface area contributed by atoms with E-state index < -0.39 is 0 Å². The number of carbonyl (C=O) groups excluding carboxylic acids is 2. The van der Waals surface area contributed by atoms with Crippen LogP contribution in [0.3, 0.4) is 0 Å². The van der Waals surface area contributed by atoms with Gasteiger partial charge in [0.25, 0.3) is 5.91 Å². The van der Waals surface area contributed by atoms with E-state index in [4.69, 9.17) is 12.2 Å². The maximum atomic E-state index is 11.8. The van der Waals surface area contributed by atoms with Gasteiger partial charge in [0.1, 0.15) is 0 Å². The summed E-state index contributed by atoms with van der Waals surface area (Å²) in [6, 6.07) is 3.49. The Morgan fingerprint density at radius 1 is 1.26 bits per heavy atom. The minimum Gasteiger partial charge on any atom is -0.359 e. The molecule has 0 fully saturated rings. The van der Waals surface area contributed by atoms with Crippen LogP contribution in [-0.2, 0) is 4.79 Å². The van der Waals surface area contributed by atoms with Crippen LogP contribution >= 0.6 is 23.6 Å². The molecule has 0 atom stereocenters. The number of hydrazine groups is 1. The van der Waals surface area contributed by atoms with Crippen LogP contribution in [0.1, 0.15) is 30.4 Å². The topological polar surface area (TPSA) is 82.3 Å². The van der Waals surface area contributed by atoms with Crippen LogP contribution in [-0.4, -0.2) is 23.0 Å². The summed E-state index contributed by atoms with van der Waals surface area (Å²) in [6.45, 7) is 5.29. The van der Waals surface area contributed by atoms with Gasteiger partial charge in [0.05, 0.1) is 9.88 Å². The van der Waals surface area contributed by atoms with Crippen LogP contribution in [0.5, 0.6) is 0 Å². The van der Waals surface area contributed by atoms with Gasteiger partial charge in [-0.25, -0.2) is 0 Å². The molecule has 1 aromatic rings. The lowest BCUT2D eigenvalue weighted by molar-refractivity contribution is -0.114. The summed E-state index contributed by atoms with van der Waals surface area (Å²) in [7, 11) is 0. The van der Waals surface area contributed by atoms with Crippen molar-refractivity contribution in [3.63, 3.8) is 0 Å². The lowest BCUT2D eigenvalue weighted by atomic mass is 10.4. The molecule has 0 aliphatic heterocycles. The number of carbonyl (C=O) groups is 2. The van der Waals surface area contributed by atoms with E-state index in [1.807, 2.05) is 13.8 Å².